The number of urea groups is 1. The number of hydrogen-bond donors (Lipinski definition) is 1. The second-order valence-electron chi connectivity index (χ2n) is 7.07. The Morgan fingerprint density at radius 2 is 1.81 bits per heavy atom. The summed E-state index contributed by atoms with van der Waals surface area (Å²) in [5.41, 5.74) is 0.831. The van der Waals surface area contributed by atoms with Crippen LogP contribution in [0.2, 0.25) is 0 Å². The van der Waals surface area contributed by atoms with E-state index in [0.717, 1.165) is 37.4 Å². The number of aromatic nitrogens is 2. The van der Waals surface area contributed by atoms with Crippen molar-refractivity contribution >= 4 is 17.5 Å². The van der Waals surface area contributed by atoms with E-state index >= 15 is 0 Å². The monoisotopic (exact) mass is 367 g/mol. The lowest BCUT2D eigenvalue weighted by Crippen LogP contribution is -2.49. The fourth-order valence-electron chi connectivity index (χ4n) is 3.68. The number of rotatable bonds is 5. The molecular formula is C20H25N5O2. The van der Waals surface area contributed by atoms with Crippen LogP contribution < -0.4 is 15.0 Å². The highest BCUT2D eigenvalue weighted by atomic mass is 16.5. The maximum atomic E-state index is 12.5. The number of hydrogen-bond acceptors (Lipinski definition) is 5. The number of carbonyl (C=O) groups is 1. The summed E-state index contributed by atoms with van der Waals surface area (Å²) in [6.07, 6.45) is 5.82. The molecular weight excluding hydrogens is 342 g/mol. The normalized spacial score (nSPS) is 17.4. The molecule has 2 fully saturated rings. The fourth-order valence-corrected chi connectivity index (χ4v) is 3.68. The maximum absolute atomic E-state index is 12.5. The molecule has 2 heterocycles. The molecule has 1 N–H and O–H groups in total. The van der Waals surface area contributed by atoms with Gasteiger partial charge in [0.25, 0.3) is 0 Å². The van der Waals surface area contributed by atoms with Gasteiger partial charge < -0.3 is 19.9 Å². The van der Waals surface area contributed by atoms with E-state index < -0.39 is 0 Å². The van der Waals surface area contributed by atoms with E-state index in [1.807, 2.05) is 41.3 Å². The Morgan fingerprint density at radius 3 is 2.48 bits per heavy atom. The van der Waals surface area contributed by atoms with Crippen molar-refractivity contribution in [3.05, 3.63) is 42.7 Å². The van der Waals surface area contributed by atoms with Crippen molar-refractivity contribution in [1.29, 1.82) is 0 Å². The van der Waals surface area contributed by atoms with Crippen LogP contribution in [-0.2, 0) is 0 Å². The second kappa shape index (κ2) is 7.82. The Hall–Kier alpha value is -2.83. The van der Waals surface area contributed by atoms with Gasteiger partial charge in [-0.05, 0) is 37.8 Å². The molecule has 0 unspecified atom stereocenters. The topological polar surface area (TPSA) is 70.6 Å². The van der Waals surface area contributed by atoms with Crippen molar-refractivity contribution in [2.24, 2.45) is 0 Å². The third kappa shape index (κ3) is 4.13. The molecule has 142 valence electrons. The minimum absolute atomic E-state index is 0.0265. The van der Waals surface area contributed by atoms with Crippen LogP contribution in [-0.4, -0.2) is 53.2 Å². The van der Waals surface area contributed by atoms with Crippen molar-refractivity contribution < 1.29 is 9.53 Å². The minimum atomic E-state index is -0.0265. The number of amides is 2. The van der Waals surface area contributed by atoms with Crippen LogP contribution in [0.3, 0.4) is 0 Å². The molecule has 1 aliphatic heterocycles. The van der Waals surface area contributed by atoms with Gasteiger partial charge in [0, 0.05) is 36.9 Å². The lowest BCUT2D eigenvalue weighted by Gasteiger charge is -2.39. The average Bonchev–Trinajstić information content (AvgIpc) is 3.55. The van der Waals surface area contributed by atoms with Crippen molar-refractivity contribution in [1.82, 2.24) is 14.9 Å². The lowest BCUT2D eigenvalue weighted by molar-refractivity contribution is 0.193. The number of piperidine rings is 1. The van der Waals surface area contributed by atoms with Crippen molar-refractivity contribution in [2.45, 2.75) is 37.8 Å². The van der Waals surface area contributed by atoms with Gasteiger partial charge in [-0.25, -0.2) is 14.8 Å². The summed E-state index contributed by atoms with van der Waals surface area (Å²) in [7, 11) is 1.62. The molecule has 2 aromatic rings. The number of carbonyl (C=O) groups excluding carboxylic acids is 1. The van der Waals surface area contributed by atoms with Gasteiger partial charge in [0.1, 0.15) is 12.1 Å². The molecule has 1 aromatic heterocycles. The first kappa shape index (κ1) is 17.6. The Morgan fingerprint density at radius 1 is 1.11 bits per heavy atom. The molecule has 1 aliphatic carbocycles. The molecule has 1 aromatic carbocycles. The number of benzene rings is 1. The van der Waals surface area contributed by atoms with E-state index in [2.05, 4.69) is 20.2 Å². The number of para-hydroxylation sites is 1. The predicted octanol–water partition coefficient (Wildman–Crippen LogP) is 3.15. The van der Waals surface area contributed by atoms with Gasteiger partial charge in [-0.2, -0.15) is 0 Å². The van der Waals surface area contributed by atoms with Crippen LogP contribution in [0.4, 0.5) is 16.3 Å². The highest BCUT2D eigenvalue weighted by molar-refractivity contribution is 5.89. The zero-order chi connectivity index (χ0) is 18.6. The highest BCUT2D eigenvalue weighted by Crippen LogP contribution is 2.36. The molecule has 4 rings (SSSR count). The van der Waals surface area contributed by atoms with Gasteiger partial charge in [-0.3, -0.25) is 0 Å². The Bertz CT molecular complexity index is 773. The third-order valence-corrected chi connectivity index (χ3v) is 5.21. The summed E-state index contributed by atoms with van der Waals surface area (Å²) >= 11 is 0. The quantitative estimate of drug-likeness (QED) is 0.879. The van der Waals surface area contributed by atoms with Crippen LogP contribution in [0, 0.1) is 0 Å². The minimum Gasteiger partial charge on any atom is -0.481 e. The molecule has 7 heteroatoms. The van der Waals surface area contributed by atoms with Crippen molar-refractivity contribution in [3.63, 3.8) is 0 Å². The van der Waals surface area contributed by atoms with Crippen molar-refractivity contribution in [2.75, 3.05) is 30.4 Å². The van der Waals surface area contributed by atoms with E-state index in [1.165, 1.54) is 12.8 Å². The number of methoxy groups -OCH3 is 1. The van der Waals surface area contributed by atoms with Crippen LogP contribution in [0.15, 0.2) is 42.7 Å². The molecule has 0 radical (unpaired) electrons. The van der Waals surface area contributed by atoms with E-state index in [9.17, 15) is 4.79 Å². The van der Waals surface area contributed by atoms with Crippen LogP contribution in [0.1, 0.15) is 25.7 Å². The summed E-state index contributed by atoms with van der Waals surface area (Å²) in [4.78, 5) is 25.4. The molecule has 1 saturated carbocycles. The zero-order valence-corrected chi connectivity index (χ0v) is 15.5. The summed E-state index contributed by atoms with van der Waals surface area (Å²) in [6.45, 7) is 1.49. The Labute approximate surface area is 159 Å². The number of anilines is 2. The fraction of sp³-hybridized carbons (Fsp3) is 0.450. The molecule has 2 amide bonds. The predicted molar refractivity (Wildman–Crippen MR) is 104 cm³/mol. The van der Waals surface area contributed by atoms with E-state index in [-0.39, 0.29) is 6.03 Å². The molecule has 27 heavy (non-hydrogen) atoms. The van der Waals surface area contributed by atoms with E-state index in [4.69, 9.17) is 4.74 Å². The first-order valence-electron chi connectivity index (χ1n) is 9.50. The zero-order valence-electron chi connectivity index (χ0n) is 15.5. The van der Waals surface area contributed by atoms with Crippen LogP contribution in [0.5, 0.6) is 5.88 Å². The second-order valence-corrected chi connectivity index (χ2v) is 7.07. The highest BCUT2D eigenvalue weighted by Gasteiger charge is 2.37. The van der Waals surface area contributed by atoms with Crippen molar-refractivity contribution in [3.8, 4) is 5.88 Å². The molecule has 0 spiro atoms. The van der Waals surface area contributed by atoms with Gasteiger partial charge in [-0.15, -0.1) is 0 Å². The SMILES string of the molecule is COc1cc(N(C2CC2)C2CCN(C(=O)Nc3ccccc3)CC2)ncn1. The van der Waals surface area contributed by atoms with Gasteiger partial charge in [-0.1, -0.05) is 18.2 Å². The largest absolute Gasteiger partial charge is 0.481 e. The maximum Gasteiger partial charge on any atom is 0.321 e. The first-order valence-corrected chi connectivity index (χ1v) is 9.50. The number of ether oxygens (including phenoxy) is 1. The number of likely N-dealkylation sites (tertiary alicyclic amines) is 1. The van der Waals surface area contributed by atoms with E-state index in [1.54, 1.807) is 13.4 Å². The standard InChI is InChI=1S/C20H25N5O2/c1-27-19-13-18(21-14-22-19)25(16-7-8-16)17-9-11-24(12-10-17)20(26)23-15-5-3-2-4-6-15/h2-6,13-14,16-17H,7-12H2,1H3,(H,23,26). The molecule has 7 nitrogen and oxygen atoms in total. The molecule has 2 aliphatic rings. The van der Waals surface area contributed by atoms with Gasteiger partial charge in [0.15, 0.2) is 0 Å². The summed E-state index contributed by atoms with van der Waals surface area (Å²) < 4.78 is 5.26. The number of nitrogens with zero attached hydrogens (tertiary/aromatic N) is 4. The molecule has 1 saturated heterocycles. The van der Waals surface area contributed by atoms with Gasteiger partial charge in [0.2, 0.25) is 5.88 Å². The summed E-state index contributed by atoms with van der Waals surface area (Å²) in [5, 5.41) is 2.97. The summed E-state index contributed by atoms with van der Waals surface area (Å²) in [6, 6.07) is 12.4. The van der Waals surface area contributed by atoms with Crippen LogP contribution in [0.25, 0.3) is 0 Å². The molecule has 0 bridgehead atoms. The number of nitrogens with one attached hydrogen (secondary N) is 1. The molecule has 0 atom stereocenters. The summed E-state index contributed by atoms with van der Waals surface area (Å²) in [5.74, 6) is 1.52. The van der Waals surface area contributed by atoms with Crippen LogP contribution >= 0.6 is 0 Å². The Balaban J connectivity index is 1.39. The smallest absolute Gasteiger partial charge is 0.321 e. The lowest BCUT2D eigenvalue weighted by atomic mass is 10.0. The van der Waals surface area contributed by atoms with E-state index in [0.29, 0.717) is 18.0 Å². The average molecular weight is 367 g/mol. The van der Waals surface area contributed by atoms with Gasteiger partial charge >= 0.3 is 6.03 Å². The first-order chi connectivity index (χ1) is 13.2. The van der Waals surface area contributed by atoms with Gasteiger partial charge in [0.05, 0.1) is 7.11 Å². The third-order valence-electron chi connectivity index (χ3n) is 5.21. The Kier molecular flexibility index (Phi) is 5.09.